The van der Waals surface area contributed by atoms with Gasteiger partial charge >= 0.3 is 0 Å². The van der Waals surface area contributed by atoms with E-state index in [9.17, 15) is 5.11 Å². The van der Waals surface area contributed by atoms with Gasteiger partial charge in [-0.3, -0.25) is 0 Å². The lowest BCUT2D eigenvalue weighted by Crippen LogP contribution is -2.27. The number of phenols is 1. The lowest BCUT2D eigenvalue weighted by Gasteiger charge is -2.36. The van der Waals surface area contributed by atoms with Crippen LogP contribution in [0, 0.1) is 5.41 Å². The molecule has 1 N–H and O–H groups in total. The van der Waals surface area contributed by atoms with Crippen LogP contribution in [0.1, 0.15) is 89.5 Å². The minimum absolute atomic E-state index is 0.0104. The second-order valence-corrected chi connectivity index (χ2v) is 11.2. The van der Waals surface area contributed by atoms with Crippen molar-refractivity contribution in [3.05, 3.63) is 89.0 Å². The molecule has 0 saturated heterocycles. The van der Waals surface area contributed by atoms with Gasteiger partial charge in [0.1, 0.15) is 5.75 Å². The highest BCUT2D eigenvalue weighted by molar-refractivity contribution is 5.55. The van der Waals surface area contributed by atoms with Crippen LogP contribution in [0.3, 0.4) is 0 Å². The Morgan fingerprint density at radius 1 is 0.867 bits per heavy atom. The summed E-state index contributed by atoms with van der Waals surface area (Å²) in [5.74, 6) is 0.662. The van der Waals surface area contributed by atoms with Gasteiger partial charge in [-0.2, -0.15) is 0 Å². The van der Waals surface area contributed by atoms with Crippen molar-refractivity contribution in [3.63, 3.8) is 0 Å². The summed E-state index contributed by atoms with van der Waals surface area (Å²) in [6, 6.07) is 15.1. The first-order valence-corrected chi connectivity index (χ1v) is 11.2. The van der Waals surface area contributed by atoms with Crippen molar-refractivity contribution in [2.24, 2.45) is 5.41 Å². The molecular weight excluding hydrogens is 364 g/mol. The highest BCUT2D eigenvalue weighted by atomic mass is 16.3. The summed E-state index contributed by atoms with van der Waals surface area (Å²) in [6.07, 6.45) is 10.6. The molecule has 0 radical (unpaired) electrons. The van der Waals surface area contributed by atoms with E-state index in [1.165, 1.54) is 11.1 Å². The molecule has 0 aliphatic heterocycles. The van der Waals surface area contributed by atoms with Crippen LogP contribution in [0.15, 0.2) is 66.8 Å². The molecule has 1 aliphatic carbocycles. The Morgan fingerprint density at radius 2 is 1.53 bits per heavy atom. The van der Waals surface area contributed by atoms with Crippen LogP contribution in [-0.2, 0) is 10.8 Å². The molecule has 1 heteroatoms. The molecule has 3 rings (SSSR count). The number of hydrogen-bond acceptors (Lipinski definition) is 1. The number of hydrogen-bond donors (Lipinski definition) is 1. The third kappa shape index (κ3) is 4.72. The highest BCUT2D eigenvalue weighted by Gasteiger charge is 2.33. The first kappa shape index (κ1) is 22.4. The summed E-state index contributed by atoms with van der Waals surface area (Å²) < 4.78 is 0. The molecule has 160 valence electrons. The Morgan fingerprint density at radius 3 is 2.10 bits per heavy atom. The Kier molecular flexibility index (Phi) is 6.05. The molecule has 0 spiro atoms. The molecule has 0 amide bonds. The quantitative estimate of drug-likeness (QED) is 0.536. The van der Waals surface area contributed by atoms with Crippen LogP contribution in [0.4, 0.5) is 0 Å². The SMILES string of the molecule is CC(C)(C)CC(C)(C)c1cc(C2C=CC=CC2)c(O)c(C(C)(C)c2ccccc2)c1. The molecule has 0 aromatic heterocycles. The highest BCUT2D eigenvalue weighted by Crippen LogP contribution is 2.46. The third-order valence-electron chi connectivity index (χ3n) is 6.44. The molecule has 0 saturated carbocycles. The van der Waals surface area contributed by atoms with E-state index >= 15 is 0 Å². The Bertz CT molecular complexity index is 936. The zero-order valence-corrected chi connectivity index (χ0v) is 19.8. The molecule has 0 fully saturated rings. The number of phenolic OH excluding ortho intramolecular Hbond substituents is 1. The Hall–Kier alpha value is -2.28. The van der Waals surface area contributed by atoms with Gasteiger partial charge in [-0.1, -0.05) is 115 Å². The van der Waals surface area contributed by atoms with E-state index in [2.05, 4.69) is 109 Å². The summed E-state index contributed by atoms with van der Waals surface area (Å²) in [6.45, 7) is 16.0. The zero-order chi connectivity index (χ0) is 22.2. The molecular formula is C29H38O. The molecule has 1 nitrogen and oxygen atoms in total. The lowest BCUT2D eigenvalue weighted by molar-refractivity contribution is 0.283. The maximum absolute atomic E-state index is 11.5. The maximum Gasteiger partial charge on any atom is 0.123 e. The van der Waals surface area contributed by atoms with E-state index in [1.807, 2.05) is 6.07 Å². The minimum Gasteiger partial charge on any atom is -0.507 e. The predicted octanol–water partition coefficient (Wildman–Crippen LogP) is 8.03. The summed E-state index contributed by atoms with van der Waals surface area (Å²) in [5.41, 5.74) is 4.55. The van der Waals surface area contributed by atoms with E-state index < -0.39 is 0 Å². The van der Waals surface area contributed by atoms with Gasteiger partial charge in [0.2, 0.25) is 0 Å². The van der Waals surface area contributed by atoms with Gasteiger partial charge in [-0.25, -0.2) is 0 Å². The summed E-state index contributed by atoms with van der Waals surface area (Å²) in [7, 11) is 0. The van der Waals surface area contributed by atoms with Gasteiger partial charge in [0, 0.05) is 22.5 Å². The topological polar surface area (TPSA) is 20.2 Å². The second kappa shape index (κ2) is 8.10. The number of allylic oxidation sites excluding steroid dienone is 4. The fourth-order valence-corrected chi connectivity index (χ4v) is 5.06. The van der Waals surface area contributed by atoms with E-state index in [-0.39, 0.29) is 22.2 Å². The van der Waals surface area contributed by atoms with Gasteiger partial charge in [0.15, 0.2) is 0 Å². The predicted molar refractivity (Wildman–Crippen MR) is 129 cm³/mol. The van der Waals surface area contributed by atoms with Crippen molar-refractivity contribution in [2.45, 2.75) is 78.1 Å². The monoisotopic (exact) mass is 402 g/mol. The van der Waals surface area contributed by atoms with Crippen molar-refractivity contribution in [1.82, 2.24) is 0 Å². The van der Waals surface area contributed by atoms with Gasteiger partial charge in [0.05, 0.1) is 0 Å². The Balaban J connectivity index is 2.21. The standard InChI is InChI=1S/C29H38O/c1-27(2,3)20-28(4,5)23-18-24(21-14-10-8-11-15-21)26(30)25(19-23)29(6,7)22-16-12-9-13-17-22/h8-14,16-19,21,30H,15,20H2,1-7H3. The van der Waals surface area contributed by atoms with E-state index in [4.69, 9.17) is 0 Å². The summed E-state index contributed by atoms with van der Waals surface area (Å²) in [5, 5.41) is 11.5. The van der Waals surface area contributed by atoms with E-state index in [0.29, 0.717) is 5.75 Å². The number of aromatic hydroxyl groups is 1. The summed E-state index contributed by atoms with van der Waals surface area (Å²) in [4.78, 5) is 0. The number of benzene rings is 2. The van der Waals surface area contributed by atoms with Gasteiger partial charge < -0.3 is 5.11 Å². The summed E-state index contributed by atoms with van der Waals surface area (Å²) >= 11 is 0. The molecule has 0 heterocycles. The van der Waals surface area contributed by atoms with Crippen LogP contribution in [-0.4, -0.2) is 5.11 Å². The average molecular weight is 403 g/mol. The maximum atomic E-state index is 11.5. The first-order chi connectivity index (χ1) is 13.9. The molecule has 1 unspecified atom stereocenters. The normalized spacial score (nSPS) is 17.4. The van der Waals surface area contributed by atoms with Crippen LogP contribution >= 0.6 is 0 Å². The largest absolute Gasteiger partial charge is 0.507 e. The fraction of sp³-hybridized carbons (Fsp3) is 0.448. The van der Waals surface area contributed by atoms with Crippen molar-refractivity contribution < 1.29 is 5.11 Å². The van der Waals surface area contributed by atoms with E-state index in [1.54, 1.807) is 0 Å². The lowest BCUT2D eigenvalue weighted by atomic mass is 9.69. The Labute approximate surface area is 183 Å². The molecule has 30 heavy (non-hydrogen) atoms. The molecule has 0 bridgehead atoms. The van der Waals surface area contributed by atoms with Crippen LogP contribution in [0.2, 0.25) is 0 Å². The van der Waals surface area contributed by atoms with Gasteiger partial charge in [-0.05, 0) is 34.8 Å². The van der Waals surface area contributed by atoms with E-state index in [0.717, 1.165) is 24.0 Å². The smallest absolute Gasteiger partial charge is 0.123 e. The number of rotatable bonds is 5. The first-order valence-electron chi connectivity index (χ1n) is 11.2. The van der Waals surface area contributed by atoms with Crippen LogP contribution in [0.5, 0.6) is 5.75 Å². The van der Waals surface area contributed by atoms with Crippen LogP contribution < -0.4 is 0 Å². The van der Waals surface area contributed by atoms with Crippen molar-refractivity contribution in [1.29, 1.82) is 0 Å². The van der Waals surface area contributed by atoms with Crippen molar-refractivity contribution in [2.75, 3.05) is 0 Å². The van der Waals surface area contributed by atoms with Gasteiger partial charge in [-0.15, -0.1) is 0 Å². The van der Waals surface area contributed by atoms with Crippen molar-refractivity contribution in [3.8, 4) is 5.75 Å². The third-order valence-corrected chi connectivity index (χ3v) is 6.44. The second-order valence-electron chi connectivity index (χ2n) is 11.2. The van der Waals surface area contributed by atoms with Gasteiger partial charge in [0.25, 0.3) is 0 Å². The average Bonchev–Trinajstić information content (AvgIpc) is 2.67. The molecule has 1 aliphatic rings. The minimum atomic E-state index is -0.290. The molecule has 2 aromatic carbocycles. The molecule has 2 aromatic rings. The van der Waals surface area contributed by atoms with Crippen molar-refractivity contribution >= 4 is 0 Å². The fourth-order valence-electron chi connectivity index (χ4n) is 5.06. The van der Waals surface area contributed by atoms with Crippen LogP contribution in [0.25, 0.3) is 0 Å². The zero-order valence-electron chi connectivity index (χ0n) is 19.8. The molecule has 1 atom stereocenters.